The lowest BCUT2D eigenvalue weighted by Gasteiger charge is -2.11. The number of aryl methyl sites for hydroxylation is 2. The van der Waals surface area contributed by atoms with Gasteiger partial charge in [0.2, 0.25) is 0 Å². The van der Waals surface area contributed by atoms with Gasteiger partial charge in [-0.25, -0.2) is 4.79 Å². The fourth-order valence-corrected chi connectivity index (χ4v) is 2.55. The monoisotopic (exact) mass is 396 g/mol. The van der Waals surface area contributed by atoms with Gasteiger partial charge in [-0.1, -0.05) is 23.7 Å². The molecule has 2 amide bonds. The molecule has 6 heteroatoms. The highest BCUT2D eigenvalue weighted by Crippen LogP contribution is 2.25. The number of urea groups is 1. The van der Waals surface area contributed by atoms with Gasteiger partial charge in [-0.3, -0.25) is 0 Å². The molecular formula is C17H18BrClN2O2. The molecule has 0 aliphatic rings. The Balaban J connectivity index is 1.77. The molecule has 0 aliphatic carbocycles. The Morgan fingerprint density at radius 2 is 1.87 bits per heavy atom. The molecule has 23 heavy (non-hydrogen) atoms. The molecule has 2 N–H and O–H groups in total. The first-order chi connectivity index (χ1) is 11.0. The summed E-state index contributed by atoms with van der Waals surface area (Å²) in [6.45, 7) is 4.65. The van der Waals surface area contributed by atoms with Gasteiger partial charge in [0.1, 0.15) is 12.4 Å². The first-order valence-electron chi connectivity index (χ1n) is 7.16. The molecule has 122 valence electrons. The Bertz CT molecular complexity index is 684. The van der Waals surface area contributed by atoms with Gasteiger partial charge in [0.25, 0.3) is 0 Å². The zero-order valence-electron chi connectivity index (χ0n) is 13.0. The number of amides is 2. The fourth-order valence-electron chi connectivity index (χ4n) is 2.05. The van der Waals surface area contributed by atoms with Gasteiger partial charge in [-0.15, -0.1) is 0 Å². The third kappa shape index (κ3) is 5.15. The quantitative estimate of drug-likeness (QED) is 0.704. The summed E-state index contributed by atoms with van der Waals surface area (Å²) < 4.78 is 6.47. The summed E-state index contributed by atoms with van der Waals surface area (Å²) in [6, 6.07) is 10.9. The standard InChI is InChI=1S/C17H18BrClN2O2/c1-11-9-13(10-12(2)16(11)19)23-8-7-20-17(22)21-15-6-4-3-5-14(15)18/h3-6,9-10H,7-8H2,1-2H3,(H2,20,21,22). The Morgan fingerprint density at radius 1 is 1.22 bits per heavy atom. The number of halogens is 2. The largest absolute Gasteiger partial charge is 0.492 e. The van der Waals surface area contributed by atoms with Crippen LogP contribution in [0.2, 0.25) is 5.02 Å². The zero-order valence-corrected chi connectivity index (χ0v) is 15.3. The number of rotatable bonds is 5. The maximum absolute atomic E-state index is 11.8. The lowest BCUT2D eigenvalue weighted by molar-refractivity contribution is 0.247. The number of carbonyl (C=O) groups excluding carboxylic acids is 1. The second-order valence-corrected chi connectivity index (χ2v) is 6.31. The molecule has 0 fully saturated rings. The maximum atomic E-state index is 11.8. The average Bonchev–Trinajstić information content (AvgIpc) is 2.51. The zero-order chi connectivity index (χ0) is 16.8. The van der Waals surface area contributed by atoms with Gasteiger partial charge in [-0.05, 0) is 65.2 Å². The summed E-state index contributed by atoms with van der Waals surface area (Å²) in [6.07, 6.45) is 0. The lowest BCUT2D eigenvalue weighted by Crippen LogP contribution is -2.32. The van der Waals surface area contributed by atoms with Crippen molar-refractivity contribution in [3.63, 3.8) is 0 Å². The van der Waals surface area contributed by atoms with Gasteiger partial charge < -0.3 is 15.4 Å². The Morgan fingerprint density at radius 3 is 2.52 bits per heavy atom. The molecule has 0 bridgehead atoms. The molecule has 2 aromatic rings. The second-order valence-electron chi connectivity index (χ2n) is 5.08. The molecule has 0 spiro atoms. The first kappa shape index (κ1) is 17.6. The van der Waals surface area contributed by atoms with E-state index in [-0.39, 0.29) is 6.03 Å². The number of nitrogens with one attached hydrogen (secondary N) is 2. The summed E-state index contributed by atoms with van der Waals surface area (Å²) in [5.74, 6) is 0.748. The lowest BCUT2D eigenvalue weighted by atomic mass is 10.1. The number of carbonyl (C=O) groups is 1. The highest BCUT2D eigenvalue weighted by Gasteiger charge is 2.05. The molecule has 0 saturated heterocycles. The summed E-state index contributed by atoms with van der Waals surface area (Å²) in [5, 5.41) is 6.26. The van der Waals surface area contributed by atoms with Crippen molar-refractivity contribution in [1.82, 2.24) is 5.32 Å². The van der Waals surface area contributed by atoms with Crippen molar-refractivity contribution in [2.45, 2.75) is 13.8 Å². The highest BCUT2D eigenvalue weighted by molar-refractivity contribution is 9.10. The SMILES string of the molecule is Cc1cc(OCCNC(=O)Nc2ccccc2Br)cc(C)c1Cl. The number of benzene rings is 2. The molecule has 0 radical (unpaired) electrons. The molecule has 0 aliphatic heterocycles. The van der Waals surface area contributed by atoms with Crippen molar-refractivity contribution in [3.8, 4) is 5.75 Å². The van der Waals surface area contributed by atoms with Crippen molar-refractivity contribution < 1.29 is 9.53 Å². The molecule has 2 rings (SSSR count). The van der Waals surface area contributed by atoms with E-state index in [1.807, 2.05) is 50.2 Å². The number of para-hydroxylation sites is 1. The van der Waals surface area contributed by atoms with Gasteiger partial charge in [-0.2, -0.15) is 0 Å². The van der Waals surface area contributed by atoms with Crippen LogP contribution in [-0.4, -0.2) is 19.2 Å². The van der Waals surface area contributed by atoms with Crippen LogP contribution < -0.4 is 15.4 Å². The van der Waals surface area contributed by atoms with E-state index in [1.54, 1.807) is 0 Å². The smallest absolute Gasteiger partial charge is 0.319 e. The summed E-state index contributed by atoms with van der Waals surface area (Å²) in [4.78, 5) is 11.8. The second kappa shape index (κ2) is 8.22. The molecule has 0 aromatic heterocycles. The van der Waals surface area contributed by atoms with E-state index in [9.17, 15) is 4.79 Å². The number of anilines is 1. The minimum atomic E-state index is -0.274. The average molecular weight is 398 g/mol. The van der Waals surface area contributed by atoms with Gasteiger partial charge >= 0.3 is 6.03 Å². The topological polar surface area (TPSA) is 50.4 Å². The van der Waals surface area contributed by atoms with Crippen LogP contribution in [0, 0.1) is 13.8 Å². The van der Waals surface area contributed by atoms with E-state index in [4.69, 9.17) is 16.3 Å². The molecule has 0 unspecified atom stereocenters. The number of hydrogen-bond acceptors (Lipinski definition) is 2. The first-order valence-corrected chi connectivity index (χ1v) is 8.33. The third-order valence-electron chi connectivity index (χ3n) is 3.19. The van der Waals surface area contributed by atoms with Crippen LogP contribution in [-0.2, 0) is 0 Å². The highest BCUT2D eigenvalue weighted by atomic mass is 79.9. The van der Waals surface area contributed by atoms with Crippen molar-refractivity contribution in [3.05, 3.63) is 57.0 Å². The maximum Gasteiger partial charge on any atom is 0.319 e. The summed E-state index contributed by atoms with van der Waals surface area (Å²) >= 11 is 9.50. The van der Waals surface area contributed by atoms with E-state index >= 15 is 0 Å². The Labute approximate surface area is 149 Å². The van der Waals surface area contributed by atoms with Crippen LogP contribution in [0.25, 0.3) is 0 Å². The molecule has 4 nitrogen and oxygen atoms in total. The fraction of sp³-hybridized carbons (Fsp3) is 0.235. The van der Waals surface area contributed by atoms with E-state index in [1.165, 1.54) is 0 Å². The van der Waals surface area contributed by atoms with Crippen molar-refractivity contribution in [2.24, 2.45) is 0 Å². The van der Waals surface area contributed by atoms with Crippen molar-refractivity contribution in [1.29, 1.82) is 0 Å². The van der Waals surface area contributed by atoms with E-state index in [2.05, 4.69) is 26.6 Å². The van der Waals surface area contributed by atoms with Crippen molar-refractivity contribution in [2.75, 3.05) is 18.5 Å². The third-order valence-corrected chi connectivity index (χ3v) is 4.48. The van der Waals surface area contributed by atoms with Crippen LogP contribution >= 0.6 is 27.5 Å². The predicted molar refractivity (Wildman–Crippen MR) is 97.6 cm³/mol. The number of ether oxygens (including phenoxy) is 1. The minimum absolute atomic E-state index is 0.274. The molecule has 0 heterocycles. The molecular weight excluding hydrogens is 380 g/mol. The van der Waals surface area contributed by atoms with Crippen LogP contribution in [0.15, 0.2) is 40.9 Å². The van der Waals surface area contributed by atoms with E-state index < -0.39 is 0 Å². The molecule has 0 saturated carbocycles. The normalized spacial score (nSPS) is 10.3. The minimum Gasteiger partial charge on any atom is -0.492 e. The van der Waals surface area contributed by atoms with Gasteiger partial charge in [0, 0.05) is 9.50 Å². The van der Waals surface area contributed by atoms with E-state index in [0.717, 1.165) is 32.1 Å². The van der Waals surface area contributed by atoms with Gasteiger partial charge in [0.05, 0.1) is 12.2 Å². The van der Waals surface area contributed by atoms with Crippen LogP contribution in [0.1, 0.15) is 11.1 Å². The van der Waals surface area contributed by atoms with E-state index in [0.29, 0.717) is 13.2 Å². The Kier molecular flexibility index (Phi) is 6.30. The molecule has 0 atom stereocenters. The van der Waals surface area contributed by atoms with Crippen molar-refractivity contribution >= 4 is 39.2 Å². The van der Waals surface area contributed by atoms with Crippen LogP contribution in [0.5, 0.6) is 5.75 Å². The van der Waals surface area contributed by atoms with Crippen LogP contribution in [0.4, 0.5) is 10.5 Å². The van der Waals surface area contributed by atoms with Gasteiger partial charge in [0.15, 0.2) is 0 Å². The summed E-state index contributed by atoms with van der Waals surface area (Å²) in [7, 11) is 0. The van der Waals surface area contributed by atoms with Crippen LogP contribution in [0.3, 0.4) is 0 Å². The summed E-state index contributed by atoms with van der Waals surface area (Å²) in [5.41, 5.74) is 2.66. The number of hydrogen-bond donors (Lipinski definition) is 2. The Hall–Kier alpha value is -1.72. The predicted octanol–water partition coefficient (Wildman–Crippen LogP) is 4.92. The molecule has 2 aromatic carbocycles.